The molecular formula is C11H19ClO. The van der Waals surface area contributed by atoms with Gasteiger partial charge in [-0.1, -0.05) is 11.6 Å². The maximum atomic E-state index is 5.62. The van der Waals surface area contributed by atoms with Crippen LogP contribution in [0.4, 0.5) is 0 Å². The highest BCUT2D eigenvalue weighted by Crippen LogP contribution is 2.22. The van der Waals surface area contributed by atoms with Crippen molar-refractivity contribution in [2.75, 3.05) is 19.1 Å². The Hall–Kier alpha value is -0.0100. The van der Waals surface area contributed by atoms with Gasteiger partial charge in [0.05, 0.1) is 0 Å². The van der Waals surface area contributed by atoms with Crippen molar-refractivity contribution in [2.45, 2.75) is 32.6 Å². The van der Waals surface area contributed by atoms with Crippen molar-refractivity contribution in [1.29, 1.82) is 0 Å². The van der Waals surface area contributed by atoms with Crippen molar-refractivity contribution < 1.29 is 4.74 Å². The Morgan fingerprint density at radius 2 is 2.15 bits per heavy atom. The second-order valence-corrected chi connectivity index (χ2v) is 4.17. The molecular weight excluding hydrogens is 184 g/mol. The van der Waals surface area contributed by atoms with Gasteiger partial charge in [-0.3, -0.25) is 0 Å². The zero-order valence-electron chi connectivity index (χ0n) is 8.39. The molecule has 0 bridgehead atoms. The molecule has 0 N–H and O–H groups in total. The van der Waals surface area contributed by atoms with Gasteiger partial charge in [0.2, 0.25) is 0 Å². The van der Waals surface area contributed by atoms with Crippen molar-refractivity contribution in [3.05, 3.63) is 11.6 Å². The predicted molar refractivity (Wildman–Crippen MR) is 57.3 cm³/mol. The van der Waals surface area contributed by atoms with Gasteiger partial charge >= 0.3 is 0 Å². The first-order valence-corrected chi connectivity index (χ1v) is 5.65. The third-order valence-electron chi connectivity index (χ3n) is 2.55. The van der Waals surface area contributed by atoms with Crippen LogP contribution < -0.4 is 0 Å². The van der Waals surface area contributed by atoms with Crippen LogP contribution in [-0.4, -0.2) is 19.1 Å². The number of hydrogen-bond acceptors (Lipinski definition) is 1. The maximum Gasteiger partial charge on any atom is 0.0468 e. The second-order valence-electron chi connectivity index (χ2n) is 3.79. The highest BCUT2D eigenvalue weighted by Gasteiger charge is 2.13. The first kappa shape index (κ1) is 11.1. The number of rotatable bonds is 4. The molecule has 1 fully saturated rings. The average molecular weight is 203 g/mol. The maximum absolute atomic E-state index is 5.62. The Bertz CT molecular complexity index is 159. The van der Waals surface area contributed by atoms with Crippen LogP contribution in [-0.2, 0) is 4.74 Å². The summed E-state index contributed by atoms with van der Waals surface area (Å²) in [5.41, 5.74) is 1.49. The Morgan fingerprint density at radius 3 is 2.77 bits per heavy atom. The van der Waals surface area contributed by atoms with Gasteiger partial charge in [0.1, 0.15) is 0 Å². The summed E-state index contributed by atoms with van der Waals surface area (Å²) in [7, 11) is 0. The normalized spacial score (nSPS) is 20.6. The van der Waals surface area contributed by atoms with E-state index in [4.69, 9.17) is 16.3 Å². The molecule has 13 heavy (non-hydrogen) atoms. The van der Waals surface area contributed by atoms with Gasteiger partial charge < -0.3 is 4.74 Å². The van der Waals surface area contributed by atoms with Crippen molar-refractivity contribution >= 4 is 11.6 Å². The van der Waals surface area contributed by atoms with Crippen LogP contribution in [0.15, 0.2) is 11.6 Å². The van der Waals surface area contributed by atoms with Gasteiger partial charge in [0.15, 0.2) is 0 Å². The van der Waals surface area contributed by atoms with Crippen LogP contribution in [0.2, 0.25) is 0 Å². The third-order valence-corrected chi connectivity index (χ3v) is 2.77. The molecule has 1 heterocycles. The highest BCUT2D eigenvalue weighted by molar-refractivity contribution is 6.17. The van der Waals surface area contributed by atoms with E-state index in [0.717, 1.165) is 31.4 Å². The summed E-state index contributed by atoms with van der Waals surface area (Å²) in [5.74, 6) is 1.59. The molecule has 76 valence electrons. The van der Waals surface area contributed by atoms with E-state index in [1.165, 1.54) is 24.8 Å². The summed E-state index contributed by atoms with van der Waals surface area (Å²) >= 11 is 5.62. The van der Waals surface area contributed by atoms with Crippen molar-refractivity contribution in [2.24, 2.45) is 5.92 Å². The van der Waals surface area contributed by atoms with E-state index in [1.54, 1.807) is 0 Å². The number of alkyl halides is 1. The van der Waals surface area contributed by atoms with E-state index in [0.29, 0.717) is 0 Å². The third kappa shape index (κ3) is 4.68. The van der Waals surface area contributed by atoms with Crippen molar-refractivity contribution in [3.8, 4) is 0 Å². The lowest BCUT2D eigenvalue weighted by Gasteiger charge is -2.22. The minimum Gasteiger partial charge on any atom is -0.381 e. The lowest BCUT2D eigenvalue weighted by atomic mass is 9.92. The Balaban J connectivity index is 2.21. The molecule has 2 heteroatoms. The summed E-state index contributed by atoms with van der Waals surface area (Å²) in [6.45, 7) is 4.11. The van der Waals surface area contributed by atoms with Gasteiger partial charge in [-0.2, -0.15) is 0 Å². The fourth-order valence-corrected chi connectivity index (χ4v) is 1.90. The summed E-state index contributed by atoms with van der Waals surface area (Å²) in [6.07, 6.45) is 6.97. The molecule has 0 aliphatic carbocycles. The summed E-state index contributed by atoms with van der Waals surface area (Å²) in [5, 5.41) is 0. The summed E-state index contributed by atoms with van der Waals surface area (Å²) < 4.78 is 5.32. The molecule has 0 unspecified atom stereocenters. The minimum absolute atomic E-state index is 0.741. The standard InChI is InChI=1S/C11H19ClO/c1-10(3-2-6-12)9-11-4-7-13-8-5-11/h3,11H,2,4-9H2,1H3. The van der Waals surface area contributed by atoms with E-state index in [1.807, 2.05) is 0 Å². The van der Waals surface area contributed by atoms with E-state index in [-0.39, 0.29) is 0 Å². The number of halogens is 1. The molecule has 1 rings (SSSR count). The fraction of sp³-hybridized carbons (Fsp3) is 0.818. The Morgan fingerprint density at radius 1 is 1.46 bits per heavy atom. The van der Waals surface area contributed by atoms with E-state index in [9.17, 15) is 0 Å². The zero-order valence-corrected chi connectivity index (χ0v) is 9.15. The van der Waals surface area contributed by atoms with Crippen LogP contribution >= 0.6 is 11.6 Å². The van der Waals surface area contributed by atoms with E-state index < -0.39 is 0 Å². The average Bonchev–Trinajstić information content (AvgIpc) is 2.16. The first-order chi connectivity index (χ1) is 6.33. The highest BCUT2D eigenvalue weighted by atomic mass is 35.5. The predicted octanol–water partition coefficient (Wildman–Crippen LogP) is 3.38. The lowest BCUT2D eigenvalue weighted by molar-refractivity contribution is 0.0665. The van der Waals surface area contributed by atoms with Crippen molar-refractivity contribution in [3.63, 3.8) is 0 Å². The smallest absolute Gasteiger partial charge is 0.0468 e. The quantitative estimate of drug-likeness (QED) is 0.502. The zero-order chi connectivity index (χ0) is 9.52. The molecule has 0 aromatic heterocycles. The van der Waals surface area contributed by atoms with E-state index >= 15 is 0 Å². The van der Waals surface area contributed by atoms with Crippen LogP contribution in [0.1, 0.15) is 32.6 Å². The summed E-state index contributed by atoms with van der Waals surface area (Å²) in [4.78, 5) is 0. The number of hydrogen-bond donors (Lipinski definition) is 0. The molecule has 0 atom stereocenters. The van der Waals surface area contributed by atoms with Crippen LogP contribution in [0.25, 0.3) is 0 Å². The largest absolute Gasteiger partial charge is 0.381 e. The van der Waals surface area contributed by atoms with Gasteiger partial charge in [0, 0.05) is 19.1 Å². The van der Waals surface area contributed by atoms with Crippen LogP contribution in [0.3, 0.4) is 0 Å². The molecule has 0 saturated carbocycles. The van der Waals surface area contributed by atoms with Crippen molar-refractivity contribution in [1.82, 2.24) is 0 Å². The Labute approximate surface area is 86.1 Å². The fourth-order valence-electron chi connectivity index (χ4n) is 1.79. The van der Waals surface area contributed by atoms with Gasteiger partial charge in [-0.15, -0.1) is 11.6 Å². The van der Waals surface area contributed by atoms with E-state index in [2.05, 4.69) is 13.0 Å². The van der Waals surface area contributed by atoms with Gasteiger partial charge in [-0.25, -0.2) is 0 Å². The summed E-state index contributed by atoms with van der Waals surface area (Å²) in [6, 6.07) is 0. The number of allylic oxidation sites excluding steroid dienone is 2. The Kier molecular flexibility index (Phi) is 5.49. The monoisotopic (exact) mass is 202 g/mol. The molecule has 1 aliphatic heterocycles. The molecule has 0 radical (unpaired) electrons. The molecule has 0 spiro atoms. The molecule has 1 nitrogen and oxygen atoms in total. The number of ether oxygens (including phenoxy) is 1. The van der Waals surface area contributed by atoms with Crippen LogP contribution in [0, 0.1) is 5.92 Å². The topological polar surface area (TPSA) is 9.23 Å². The first-order valence-electron chi connectivity index (χ1n) is 5.12. The van der Waals surface area contributed by atoms with Gasteiger partial charge in [-0.05, 0) is 38.5 Å². The molecule has 1 aliphatic rings. The molecule has 0 aromatic rings. The second kappa shape index (κ2) is 6.44. The van der Waals surface area contributed by atoms with Crippen LogP contribution in [0.5, 0.6) is 0 Å². The molecule has 0 amide bonds. The molecule has 0 aromatic carbocycles. The minimum atomic E-state index is 0.741. The van der Waals surface area contributed by atoms with Gasteiger partial charge in [0.25, 0.3) is 0 Å². The SMILES string of the molecule is CC(=CCCCl)CC1CCOCC1. The molecule has 1 saturated heterocycles. The lowest BCUT2D eigenvalue weighted by Crippen LogP contribution is -2.15.